The molecular weight excluding hydrogens is 407 g/mol. The van der Waals surface area contributed by atoms with Crippen LogP contribution in [0.5, 0.6) is 5.75 Å². The van der Waals surface area contributed by atoms with Gasteiger partial charge in [-0.1, -0.05) is 30.3 Å². The minimum absolute atomic E-state index is 0.0512. The molecule has 3 aromatic rings. The van der Waals surface area contributed by atoms with E-state index in [2.05, 4.69) is 22.4 Å². The molecule has 1 aliphatic heterocycles. The van der Waals surface area contributed by atoms with E-state index in [4.69, 9.17) is 4.74 Å². The molecule has 0 bridgehead atoms. The van der Waals surface area contributed by atoms with E-state index in [1.54, 1.807) is 12.1 Å². The molecule has 2 heterocycles. The van der Waals surface area contributed by atoms with Gasteiger partial charge in [0.1, 0.15) is 17.4 Å². The van der Waals surface area contributed by atoms with Gasteiger partial charge in [-0.05, 0) is 72.2 Å². The Morgan fingerprint density at radius 2 is 2.00 bits per heavy atom. The molecule has 4 rings (SSSR count). The second kappa shape index (κ2) is 10.3. The summed E-state index contributed by atoms with van der Waals surface area (Å²) in [6.45, 7) is 1.49. The minimum Gasteiger partial charge on any atom is -0.493 e. The van der Waals surface area contributed by atoms with Gasteiger partial charge in [0.15, 0.2) is 0 Å². The predicted molar refractivity (Wildman–Crippen MR) is 122 cm³/mol. The van der Waals surface area contributed by atoms with Crippen molar-refractivity contribution in [1.29, 1.82) is 0 Å². The third kappa shape index (κ3) is 5.84. The van der Waals surface area contributed by atoms with E-state index in [1.807, 2.05) is 24.3 Å². The maximum absolute atomic E-state index is 13.6. The first-order valence-corrected chi connectivity index (χ1v) is 11.0. The fourth-order valence-corrected chi connectivity index (χ4v) is 4.07. The Morgan fingerprint density at radius 3 is 2.78 bits per heavy atom. The van der Waals surface area contributed by atoms with Gasteiger partial charge in [0, 0.05) is 18.7 Å². The number of aromatic nitrogens is 1. The highest BCUT2D eigenvalue weighted by Crippen LogP contribution is 2.26. The van der Waals surface area contributed by atoms with Gasteiger partial charge < -0.3 is 15.2 Å². The Hall–Kier alpha value is -3.41. The molecule has 0 amide bonds. The van der Waals surface area contributed by atoms with Crippen LogP contribution in [-0.4, -0.2) is 29.2 Å². The van der Waals surface area contributed by atoms with Crippen LogP contribution < -0.4 is 10.1 Å². The summed E-state index contributed by atoms with van der Waals surface area (Å²) in [5, 5.41) is 12.6. The van der Waals surface area contributed by atoms with Crippen LogP contribution >= 0.6 is 0 Å². The number of anilines is 1. The summed E-state index contributed by atoms with van der Waals surface area (Å²) < 4.78 is 19.5. The van der Waals surface area contributed by atoms with Crippen molar-refractivity contribution in [2.45, 2.75) is 38.0 Å². The fourth-order valence-electron chi connectivity index (χ4n) is 4.07. The normalized spacial score (nSPS) is 13.7. The number of nitrogens with one attached hydrogen (secondary N) is 1. The number of hydrogen-bond donors (Lipinski definition) is 2. The summed E-state index contributed by atoms with van der Waals surface area (Å²) in [6.07, 6.45) is 3.40. The Bertz CT molecular complexity index is 1070. The smallest absolute Gasteiger partial charge is 0.303 e. The fraction of sp³-hybridized carbons (Fsp3) is 0.308. The molecule has 0 spiro atoms. The van der Waals surface area contributed by atoms with Crippen LogP contribution in [0, 0.1) is 5.82 Å². The molecule has 2 N–H and O–H groups in total. The van der Waals surface area contributed by atoms with Gasteiger partial charge in [0.05, 0.1) is 13.0 Å². The van der Waals surface area contributed by atoms with Crippen molar-refractivity contribution in [2.24, 2.45) is 0 Å². The number of halogens is 1. The number of carboxylic acids is 1. The number of nitrogens with zero attached hydrogens (tertiary/aromatic N) is 1. The summed E-state index contributed by atoms with van der Waals surface area (Å²) in [6, 6.07) is 18.0. The number of benzene rings is 2. The van der Waals surface area contributed by atoms with Gasteiger partial charge in [0.2, 0.25) is 0 Å². The van der Waals surface area contributed by atoms with Crippen molar-refractivity contribution in [2.75, 3.05) is 18.5 Å². The highest BCUT2D eigenvalue weighted by molar-refractivity contribution is 5.68. The van der Waals surface area contributed by atoms with Gasteiger partial charge in [-0.3, -0.25) is 4.79 Å². The minimum atomic E-state index is -0.898. The van der Waals surface area contributed by atoms with E-state index < -0.39 is 5.97 Å². The lowest BCUT2D eigenvalue weighted by molar-refractivity contribution is -0.137. The predicted octanol–water partition coefficient (Wildman–Crippen LogP) is 5.00. The second-order valence-electron chi connectivity index (χ2n) is 8.14. The van der Waals surface area contributed by atoms with Crippen molar-refractivity contribution < 1.29 is 19.0 Å². The van der Waals surface area contributed by atoms with Crippen LogP contribution in [0.25, 0.3) is 0 Å². The lowest BCUT2D eigenvalue weighted by Crippen LogP contribution is -2.14. The van der Waals surface area contributed by atoms with Crippen LogP contribution in [0.2, 0.25) is 0 Å². The van der Waals surface area contributed by atoms with Crippen molar-refractivity contribution in [3.8, 4) is 5.75 Å². The van der Waals surface area contributed by atoms with Crippen molar-refractivity contribution in [3.63, 3.8) is 0 Å². The number of carboxylic acid groups (broad SMARTS) is 1. The summed E-state index contributed by atoms with van der Waals surface area (Å²) >= 11 is 0. The number of fused-ring (bicyclic) bond motifs is 1. The van der Waals surface area contributed by atoms with Crippen LogP contribution in [0.1, 0.15) is 41.1 Å². The molecule has 1 aliphatic rings. The topological polar surface area (TPSA) is 71.5 Å². The molecule has 166 valence electrons. The molecule has 1 aromatic heterocycles. The van der Waals surface area contributed by atoms with Gasteiger partial charge in [0.25, 0.3) is 0 Å². The lowest BCUT2D eigenvalue weighted by Gasteiger charge is -2.17. The van der Waals surface area contributed by atoms with Crippen molar-refractivity contribution in [1.82, 2.24) is 4.98 Å². The zero-order valence-electron chi connectivity index (χ0n) is 17.9. The highest BCUT2D eigenvalue weighted by Gasteiger charge is 2.17. The highest BCUT2D eigenvalue weighted by atomic mass is 19.1. The lowest BCUT2D eigenvalue weighted by atomic mass is 9.89. The average Bonchev–Trinajstić information content (AvgIpc) is 2.79. The number of hydrogen-bond acceptors (Lipinski definition) is 4. The molecule has 0 aliphatic carbocycles. The number of pyridine rings is 1. The van der Waals surface area contributed by atoms with Gasteiger partial charge in [-0.2, -0.15) is 0 Å². The molecule has 0 saturated heterocycles. The summed E-state index contributed by atoms with van der Waals surface area (Å²) in [4.78, 5) is 16.0. The first kappa shape index (κ1) is 21.8. The molecule has 32 heavy (non-hydrogen) atoms. The Labute approximate surface area is 187 Å². The molecule has 1 atom stereocenters. The number of aliphatic carboxylic acids is 1. The molecule has 6 heteroatoms. The van der Waals surface area contributed by atoms with E-state index in [0.29, 0.717) is 18.6 Å². The van der Waals surface area contributed by atoms with E-state index in [0.717, 1.165) is 48.6 Å². The number of rotatable bonds is 9. The zero-order chi connectivity index (χ0) is 22.3. The Kier molecular flexibility index (Phi) is 7.00. The van der Waals surface area contributed by atoms with E-state index in [-0.39, 0.29) is 18.2 Å². The number of aryl methyl sites for hydroxylation is 1. The number of carbonyl (C=O) groups is 1. The standard InChI is InChI=1S/C26H27FN2O3/c27-22-5-1-3-20(16-22)21(17-25(30)31)15-18-6-10-24(11-7-18)32-14-12-23-9-8-19-4-2-13-28-26(19)29-23/h1,3,5-11,16,21H,2,4,12-15,17H2,(H,28,29)(H,30,31). The van der Waals surface area contributed by atoms with Gasteiger partial charge in [-0.15, -0.1) is 0 Å². The third-order valence-electron chi connectivity index (χ3n) is 5.73. The molecule has 0 radical (unpaired) electrons. The van der Waals surface area contributed by atoms with E-state index >= 15 is 0 Å². The second-order valence-corrected chi connectivity index (χ2v) is 8.14. The monoisotopic (exact) mass is 434 g/mol. The van der Waals surface area contributed by atoms with Crippen LogP contribution in [-0.2, 0) is 24.1 Å². The van der Waals surface area contributed by atoms with Crippen molar-refractivity contribution >= 4 is 11.8 Å². The molecule has 0 fully saturated rings. The maximum atomic E-state index is 13.6. The number of ether oxygens (including phenoxy) is 1. The molecule has 5 nitrogen and oxygen atoms in total. The average molecular weight is 435 g/mol. The molecular formula is C26H27FN2O3. The SMILES string of the molecule is O=C(O)CC(Cc1ccc(OCCc2ccc3c(n2)NCCC3)cc1)c1cccc(F)c1. The van der Waals surface area contributed by atoms with Gasteiger partial charge >= 0.3 is 5.97 Å². The quantitative estimate of drug-likeness (QED) is 0.496. The molecule has 2 aromatic carbocycles. The molecule has 0 saturated carbocycles. The van der Waals surface area contributed by atoms with Gasteiger partial charge in [-0.25, -0.2) is 9.37 Å². The first-order chi connectivity index (χ1) is 15.6. The largest absolute Gasteiger partial charge is 0.493 e. The van der Waals surface area contributed by atoms with E-state index in [9.17, 15) is 14.3 Å². The maximum Gasteiger partial charge on any atom is 0.303 e. The summed E-state index contributed by atoms with van der Waals surface area (Å²) in [5.41, 5.74) is 3.95. The third-order valence-corrected chi connectivity index (χ3v) is 5.73. The van der Waals surface area contributed by atoms with E-state index in [1.165, 1.54) is 17.7 Å². The van der Waals surface area contributed by atoms with Crippen molar-refractivity contribution in [3.05, 3.63) is 88.9 Å². The molecule has 1 unspecified atom stereocenters. The van der Waals surface area contributed by atoms with Crippen LogP contribution in [0.3, 0.4) is 0 Å². The Morgan fingerprint density at radius 1 is 1.16 bits per heavy atom. The Balaban J connectivity index is 1.33. The first-order valence-electron chi connectivity index (χ1n) is 11.0. The summed E-state index contributed by atoms with van der Waals surface area (Å²) in [7, 11) is 0. The zero-order valence-corrected chi connectivity index (χ0v) is 17.9. The van der Waals surface area contributed by atoms with Crippen LogP contribution in [0.15, 0.2) is 60.7 Å². The summed E-state index contributed by atoms with van der Waals surface area (Å²) in [5.74, 6) is 0.201. The van der Waals surface area contributed by atoms with Crippen LogP contribution in [0.4, 0.5) is 10.2 Å².